The summed E-state index contributed by atoms with van der Waals surface area (Å²) in [5.41, 5.74) is 1.16. The van der Waals surface area contributed by atoms with Crippen LogP contribution in [0, 0.1) is 5.92 Å². The smallest absolute Gasteiger partial charge is 0.226 e. The largest absolute Gasteiger partial charge is 0.496 e. The lowest BCUT2D eigenvalue weighted by Gasteiger charge is -2.39. The van der Waals surface area contributed by atoms with Crippen LogP contribution in [0.3, 0.4) is 0 Å². The Morgan fingerprint density at radius 3 is 2.60 bits per heavy atom. The van der Waals surface area contributed by atoms with E-state index in [2.05, 4.69) is 11.0 Å². The molecule has 1 aromatic rings. The van der Waals surface area contributed by atoms with Gasteiger partial charge in [0, 0.05) is 38.1 Å². The molecule has 1 heterocycles. The third-order valence-corrected chi connectivity index (χ3v) is 6.18. The lowest BCUT2D eigenvalue weighted by molar-refractivity contribution is -0.135. The molecule has 0 bridgehead atoms. The molecule has 25 heavy (non-hydrogen) atoms. The second kappa shape index (κ2) is 6.96. The number of amides is 1. The van der Waals surface area contributed by atoms with E-state index in [1.807, 2.05) is 23.1 Å². The minimum atomic E-state index is -0.180. The van der Waals surface area contributed by atoms with E-state index in [-0.39, 0.29) is 12.0 Å². The van der Waals surface area contributed by atoms with Crippen LogP contribution in [0.5, 0.6) is 5.75 Å². The topological polar surface area (TPSA) is 53.0 Å². The van der Waals surface area contributed by atoms with Crippen LogP contribution in [0.1, 0.15) is 37.2 Å². The van der Waals surface area contributed by atoms with Gasteiger partial charge in [-0.05, 0) is 43.2 Å². The maximum absolute atomic E-state index is 12.9. The number of methoxy groups -OCH3 is 1. The monoisotopic (exact) mass is 344 g/mol. The van der Waals surface area contributed by atoms with Crippen LogP contribution in [-0.2, 0) is 4.79 Å². The lowest BCUT2D eigenvalue weighted by Crippen LogP contribution is -2.54. The first-order valence-corrected chi connectivity index (χ1v) is 9.53. The Morgan fingerprint density at radius 1 is 1.16 bits per heavy atom. The molecule has 3 aliphatic rings. The Kier molecular flexibility index (Phi) is 4.69. The SMILES string of the molecule is COc1ccccc1C1CC1C(=O)N1CCN(C2CCCC2O)CC1. The van der Waals surface area contributed by atoms with Crippen LogP contribution in [0.4, 0.5) is 0 Å². The van der Waals surface area contributed by atoms with Crippen molar-refractivity contribution in [2.75, 3.05) is 33.3 Å². The summed E-state index contributed by atoms with van der Waals surface area (Å²) in [7, 11) is 1.69. The molecule has 0 spiro atoms. The number of rotatable bonds is 4. The molecule has 1 N–H and O–H groups in total. The number of nitrogens with zero attached hydrogens (tertiary/aromatic N) is 2. The number of aliphatic hydroxyl groups is 1. The van der Waals surface area contributed by atoms with Crippen molar-refractivity contribution in [1.82, 2.24) is 9.80 Å². The first-order valence-electron chi connectivity index (χ1n) is 9.53. The Morgan fingerprint density at radius 2 is 1.92 bits per heavy atom. The standard InChI is InChI=1S/C20H28N2O3/c1-25-19-8-3-2-5-14(19)15-13-16(15)20(24)22-11-9-21(10-12-22)17-6-4-7-18(17)23/h2-3,5,8,15-18,23H,4,6-7,9-13H2,1H3. The zero-order valence-electron chi connectivity index (χ0n) is 14.9. The highest BCUT2D eigenvalue weighted by Crippen LogP contribution is 2.51. The first-order chi connectivity index (χ1) is 12.2. The summed E-state index contributed by atoms with van der Waals surface area (Å²) in [6, 6.07) is 8.35. The summed E-state index contributed by atoms with van der Waals surface area (Å²) < 4.78 is 5.45. The van der Waals surface area contributed by atoms with Gasteiger partial charge in [0.15, 0.2) is 0 Å². The minimum Gasteiger partial charge on any atom is -0.496 e. The molecule has 3 fully saturated rings. The molecular weight excluding hydrogens is 316 g/mol. The molecule has 1 aromatic carbocycles. The van der Waals surface area contributed by atoms with E-state index in [9.17, 15) is 9.90 Å². The maximum Gasteiger partial charge on any atom is 0.226 e. The molecule has 1 aliphatic heterocycles. The van der Waals surface area contributed by atoms with Crippen LogP contribution in [0.2, 0.25) is 0 Å². The Labute approximate surface area is 149 Å². The van der Waals surface area contributed by atoms with Gasteiger partial charge >= 0.3 is 0 Å². The van der Waals surface area contributed by atoms with Gasteiger partial charge < -0.3 is 14.7 Å². The van der Waals surface area contributed by atoms with Gasteiger partial charge in [-0.25, -0.2) is 0 Å². The number of benzene rings is 1. The summed E-state index contributed by atoms with van der Waals surface area (Å²) in [6.45, 7) is 3.35. The van der Waals surface area contributed by atoms with E-state index in [1.165, 1.54) is 0 Å². The molecular formula is C20H28N2O3. The summed E-state index contributed by atoms with van der Waals surface area (Å²) in [4.78, 5) is 17.3. The summed E-state index contributed by atoms with van der Waals surface area (Å²) in [5, 5.41) is 10.1. The van der Waals surface area contributed by atoms with E-state index in [4.69, 9.17) is 4.74 Å². The molecule has 4 atom stereocenters. The maximum atomic E-state index is 12.9. The average Bonchev–Trinajstić information content (AvgIpc) is 3.34. The fourth-order valence-electron chi connectivity index (χ4n) is 4.64. The molecule has 4 unspecified atom stereocenters. The van der Waals surface area contributed by atoms with Crippen LogP contribution >= 0.6 is 0 Å². The fraction of sp³-hybridized carbons (Fsp3) is 0.650. The van der Waals surface area contributed by atoms with Crippen LogP contribution in [-0.4, -0.2) is 66.2 Å². The van der Waals surface area contributed by atoms with E-state index in [0.717, 1.165) is 63.2 Å². The zero-order valence-corrected chi connectivity index (χ0v) is 14.9. The average molecular weight is 344 g/mol. The molecule has 136 valence electrons. The number of para-hydroxylation sites is 1. The quantitative estimate of drug-likeness (QED) is 0.906. The van der Waals surface area contributed by atoms with Crippen molar-refractivity contribution >= 4 is 5.91 Å². The highest BCUT2D eigenvalue weighted by molar-refractivity contribution is 5.83. The van der Waals surface area contributed by atoms with Crippen molar-refractivity contribution in [2.24, 2.45) is 5.92 Å². The number of ether oxygens (including phenoxy) is 1. The van der Waals surface area contributed by atoms with Gasteiger partial charge in [0.1, 0.15) is 5.75 Å². The number of piperazine rings is 1. The highest BCUT2D eigenvalue weighted by Gasteiger charge is 2.47. The molecule has 2 aliphatic carbocycles. The Balaban J connectivity index is 1.33. The van der Waals surface area contributed by atoms with E-state index >= 15 is 0 Å². The molecule has 1 amide bonds. The van der Waals surface area contributed by atoms with E-state index in [0.29, 0.717) is 17.9 Å². The van der Waals surface area contributed by atoms with Crippen molar-refractivity contribution in [1.29, 1.82) is 0 Å². The van der Waals surface area contributed by atoms with Crippen LogP contribution in [0.15, 0.2) is 24.3 Å². The number of hydrogen-bond acceptors (Lipinski definition) is 4. The highest BCUT2D eigenvalue weighted by atomic mass is 16.5. The zero-order chi connectivity index (χ0) is 17.4. The van der Waals surface area contributed by atoms with Crippen molar-refractivity contribution in [3.8, 4) is 5.75 Å². The van der Waals surface area contributed by atoms with E-state index < -0.39 is 0 Å². The second-order valence-corrected chi connectivity index (χ2v) is 7.62. The van der Waals surface area contributed by atoms with Crippen molar-refractivity contribution in [3.63, 3.8) is 0 Å². The number of carbonyl (C=O) groups is 1. The van der Waals surface area contributed by atoms with Gasteiger partial charge in [0.25, 0.3) is 0 Å². The first kappa shape index (κ1) is 16.9. The van der Waals surface area contributed by atoms with Gasteiger partial charge in [-0.15, -0.1) is 0 Å². The molecule has 2 saturated carbocycles. The van der Waals surface area contributed by atoms with Crippen molar-refractivity contribution in [2.45, 2.75) is 43.7 Å². The second-order valence-electron chi connectivity index (χ2n) is 7.62. The lowest BCUT2D eigenvalue weighted by atomic mass is 10.1. The molecule has 0 radical (unpaired) electrons. The molecule has 0 aromatic heterocycles. The Hall–Kier alpha value is -1.59. The number of hydrogen-bond donors (Lipinski definition) is 1. The third-order valence-electron chi connectivity index (χ3n) is 6.18. The van der Waals surface area contributed by atoms with Gasteiger partial charge in [-0.3, -0.25) is 9.69 Å². The molecule has 1 saturated heterocycles. The predicted molar refractivity (Wildman–Crippen MR) is 95.6 cm³/mol. The van der Waals surface area contributed by atoms with Gasteiger partial charge in [0.05, 0.1) is 13.2 Å². The van der Waals surface area contributed by atoms with Crippen molar-refractivity contribution in [3.05, 3.63) is 29.8 Å². The fourth-order valence-corrected chi connectivity index (χ4v) is 4.64. The summed E-state index contributed by atoms with van der Waals surface area (Å²) in [5.74, 6) is 1.60. The number of carbonyl (C=O) groups excluding carboxylic acids is 1. The minimum absolute atomic E-state index is 0.111. The van der Waals surface area contributed by atoms with E-state index in [1.54, 1.807) is 7.11 Å². The summed E-state index contributed by atoms with van der Waals surface area (Å²) >= 11 is 0. The normalized spacial score (nSPS) is 32.6. The van der Waals surface area contributed by atoms with Gasteiger partial charge in [-0.2, -0.15) is 0 Å². The van der Waals surface area contributed by atoms with Crippen molar-refractivity contribution < 1.29 is 14.6 Å². The molecule has 4 rings (SSSR count). The van der Waals surface area contributed by atoms with Crippen LogP contribution in [0.25, 0.3) is 0 Å². The predicted octanol–water partition coefficient (Wildman–Crippen LogP) is 1.86. The van der Waals surface area contributed by atoms with Gasteiger partial charge in [0.2, 0.25) is 5.91 Å². The Bertz CT molecular complexity index is 627. The van der Waals surface area contributed by atoms with Gasteiger partial charge in [-0.1, -0.05) is 18.2 Å². The number of aliphatic hydroxyl groups excluding tert-OH is 1. The van der Waals surface area contributed by atoms with Crippen LogP contribution < -0.4 is 4.74 Å². The molecule has 5 heteroatoms. The third kappa shape index (κ3) is 3.27. The summed E-state index contributed by atoms with van der Waals surface area (Å²) in [6.07, 6.45) is 3.88. The molecule has 5 nitrogen and oxygen atoms in total.